The number of carbonyl (C=O) groups is 2. The monoisotopic (exact) mass is 886 g/mol. The molecular formula is C45H50ClF3N10O4. The van der Waals surface area contributed by atoms with E-state index in [1.165, 1.54) is 10.6 Å². The molecule has 2 amide bonds. The van der Waals surface area contributed by atoms with Gasteiger partial charge in [-0.1, -0.05) is 18.5 Å². The van der Waals surface area contributed by atoms with Gasteiger partial charge in [0.15, 0.2) is 12.4 Å². The molecule has 2 aromatic carbocycles. The van der Waals surface area contributed by atoms with Crippen LogP contribution in [0.1, 0.15) is 75.0 Å². The first kappa shape index (κ1) is 41.6. The number of aromatic nitrogens is 5. The average molecular weight is 887 g/mol. The molecule has 0 spiro atoms. The number of alkyl halides is 2. The molecule has 332 valence electrons. The Morgan fingerprint density at radius 3 is 2.52 bits per heavy atom. The van der Waals surface area contributed by atoms with Crippen molar-refractivity contribution in [3.05, 3.63) is 69.0 Å². The number of hydrogen-bond donors (Lipinski definition) is 3. The maximum absolute atomic E-state index is 15.8. The summed E-state index contributed by atoms with van der Waals surface area (Å²) in [6.45, 7) is 5.58. The summed E-state index contributed by atoms with van der Waals surface area (Å²) in [6, 6.07) is 7.63. The smallest absolute Gasteiger partial charge is 0.301 e. The molecule has 3 saturated heterocycles. The van der Waals surface area contributed by atoms with Crippen LogP contribution in [0, 0.1) is 23.6 Å². The lowest BCUT2D eigenvalue weighted by atomic mass is 9.84. The van der Waals surface area contributed by atoms with Gasteiger partial charge in [0.05, 0.1) is 40.6 Å². The summed E-state index contributed by atoms with van der Waals surface area (Å²) < 4.78 is 54.8. The highest BCUT2D eigenvalue weighted by Crippen LogP contribution is 2.46. The molecule has 5 aromatic rings. The number of pyridine rings is 1. The summed E-state index contributed by atoms with van der Waals surface area (Å²) in [5.74, 6) is -3.18. The number of carbonyl (C=O) groups excluding carboxylic acids is 2. The first-order valence-corrected chi connectivity index (χ1v) is 22.3. The zero-order valence-corrected chi connectivity index (χ0v) is 36.2. The van der Waals surface area contributed by atoms with Crippen LogP contribution in [-0.2, 0) is 23.7 Å². The normalized spacial score (nSPS) is 24.5. The van der Waals surface area contributed by atoms with Gasteiger partial charge in [0.2, 0.25) is 23.5 Å². The lowest BCUT2D eigenvalue weighted by Crippen LogP contribution is -2.45. The molecule has 14 nitrogen and oxygen atoms in total. The molecule has 1 saturated carbocycles. The number of imide groups is 1. The van der Waals surface area contributed by atoms with Gasteiger partial charge < -0.3 is 29.7 Å². The molecule has 63 heavy (non-hydrogen) atoms. The fourth-order valence-corrected chi connectivity index (χ4v) is 10.4. The first-order chi connectivity index (χ1) is 30.2. The Morgan fingerprint density at radius 1 is 0.984 bits per heavy atom. The van der Waals surface area contributed by atoms with Crippen LogP contribution in [0.3, 0.4) is 0 Å². The molecule has 0 bridgehead atoms. The van der Waals surface area contributed by atoms with E-state index in [2.05, 4.69) is 42.8 Å². The quantitative estimate of drug-likeness (QED) is 0.141. The largest absolute Gasteiger partial charge is 0.480 e. The minimum atomic E-state index is -3.14. The van der Waals surface area contributed by atoms with Gasteiger partial charge in [-0.05, 0) is 111 Å². The van der Waals surface area contributed by atoms with Crippen LogP contribution in [0.4, 0.5) is 36.3 Å². The van der Waals surface area contributed by atoms with Crippen molar-refractivity contribution in [2.24, 2.45) is 31.8 Å². The van der Waals surface area contributed by atoms with Crippen molar-refractivity contribution < 1.29 is 27.5 Å². The molecule has 7 heterocycles. The second-order valence-electron chi connectivity index (χ2n) is 18.3. The Morgan fingerprint density at radius 2 is 1.78 bits per heavy atom. The lowest BCUT2D eigenvalue weighted by Gasteiger charge is -2.41. The topological polar surface area (TPSA) is 152 Å². The summed E-state index contributed by atoms with van der Waals surface area (Å²) in [7, 11) is 3.41. The number of hydrogen-bond acceptors (Lipinski definition) is 11. The molecule has 10 rings (SSSR count). The van der Waals surface area contributed by atoms with Crippen molar-refractivity contribution in [2.45, 2.75) is 75.7 Å². The third kappa shape index (κ3) is 7.74. The highest BCUT2D eigenvalue weighted by molar-refractivity contribution is 6.33. The SMILES string of the molecule is C[C@@H]1CN(c2ncc(Cl)c(Nc3ccc4c(c3)c3c(c(=O)n4C)OCC(F)(F)[C@H](C4CC4)N3)n2)CC[C@@H]1CN1CCC(c2cc3c(cc2F)c(C2CCC(=O)NC2=O)nn3C)CC1. The van der Waals surface area contributed by atoms with E-state index in [1.54, 1.807) is 36.1 Å². The van der Waals surface area contributed by atoms with E-state index in [0.29, 0.717) is 81.1 Å². The van der Waals surface area contributed by atoms with E-state index >= 15 is 13.2 Å². The van der Waals surface area contributed by atoms with Crippen molar-refractivity contribution in [3.63, 3.8) is 0 Å². The lowest BCUT2D eigenvalue weighted by molar-refractivity contribution is -0.134. The number of benzene rings is 2. The van der Waals surface area contributed by atoms with E-state index in [0.717, 1.165) is 57.5 Å². The standard InChI is InChI=1S/C45H50ClF3N10O4/c1-23-20-59(15-12-26(23)21-58-13-10-24(11-14-58)29-18-35-31(17-33(29)47)37(55-57(35)3)28-7-9-36(60)52-42(28)61)44-50-19-32(46)41(54-44)51-27-6-8-34-30(16-27)38-39(43(62)56(34)2)63-22-45(48,49)40(53-38)25-4-5-25/h6,8,16-19,23-26,28,40,53H,4-5,7,9-15,20-22H2,1-3H3,(H,50,51,54)(H,52,60,61)/t23-,26-,28?,40+/m1/s1. The predicted octanol–water partition coefficient (Wildman–Crippen LogP) is 6.83. The molecule has 1 unspecified atom stereocenters. The maximum Gasteiger partial charge on any atom is 0.301 e. The molecule has 0 radical (unpaired) electrons. The molecule has 1 aliphatic carbocycles. The Labute approximate surface area is 366 Å². The van der Waals surface area contributed by atoms with Crippen molar-refractivity contribution in [1.82, 2.24) is 34.5 Å². The molecule has 4 aliphatic heterocycles. The molecule has 18 heteroatoms. The summed E-state index contributed by atoms with van der Waals surface area (Å²) in [4.78, 5) is 51.7. The Bertz CT molecular complexity index is 2720. The summed E-state index contributed by atoms with van der Waals surface area (Å²) in [5.41, 5.74) is 2.92. The number of rotatable bonds is 8. The number of fused-ring (bicyclic) bond motifs is 4. The van der Waals surface area contributed by atoms with Gasteiger partial charge in [0, 0.05) is 56.6 Å². The van der Waals surface area contributed by atoms with E-state index in [9.17, 15) is 14.4 Å². The van der Waals surface area contributed by atoms with Gasteiger partial charge in [-0.25, -0.2) is 18.2 Å². The number of piperidine rings is 3. The van der Waals surface area contributed by atoms with Gasteiger partial charge in [0.25, 0.3) is 5.56 Å². The zero-order chi connectivity index (χ0) is 43.9. The average Bonchev–Trinajstić information content (AvgIpc) is 4.07. The minimum absolute atomic E-state index is 0.0698. The fourth-order valence-electron chi connectivity index (χ4n) is 10.3. The van der Waals surface area contributed by atoms with E-state index < -0.39 is 30.0 Å². The van der Waals surface area contributed by atoms with Gasteiger partial charge in [-0.3, -0.25) is 24.4 Å². The van der Waals surface area contributed by atoms with Crippen LogP contribution < -0.4 is 31.1 Å². The highest BCUT2D eigenvalue weighted by atomic mass is 35.5. The zero-order valence-electron chi connectivity index (χ0n) is 35.4. The van der Waals surface area contributed by atoms with Crippen molar-refractivity contribution in [2.75, 3.05) is 54.9 Å². The van der Waals surface area contributed by atoms with E-state index in [4.69, 9.17) is 21.3 Å². The van der Waals surface area contributed by atoms with Gasteiger partial charge in [-0.2, -0.15) is 10.1 Å². The molecular weight excluding hydrogens is 837 g/mol. The minimum Gasteiger partial charge on any atom is -0.480 e. The molecule has 4 fully saturated rings. The first-order valence-electron chi connectivity index (χ1n) is 21.9. The number of ether oxygens (including phenoxy) is 1. The number of nitrogens with zero attached hydrogens (tertiary/aromatic N) is 7. The van der Waals surface area contributed by atoms with Crippen molar-refractivity contribution in [3.8, 4) is 5.75 Å². The van der Waals surface area contributed by atoms with Crippen molar-refractivity contribution >= 4 is 68.4 Å². The van der Waals surface area contributed by atoms with Crippen LogP contribution in [-0.4, -0.2) is 92.3 Å². The Balaban J connectivity index is 0.784. The second-order valence-corrected chi connectivity index (χ2v) is 18.7. The fraction of sp³-hybridized carbons (Fsp3) is 0.511. The number of nitrogens with one attached hydrogen (secondary N) is 3. The van der Waals surface area contributed by atoms with Crippen LogP contribution >= 0.6 is 11.6 Å². The third-order valence-electron chi connectivity index (χ3n) is 14.1. The van der Waals surface area contributed by atoms with E-state index in [-0.39, 0.29) is 47.3 Å². The summed E-state index contributed by atoms with van der Waals surface area (Å²) in [6.07, 6.45) is 6.17. The third-order valence-corrected chi connectivity index (χ3v) is 14.3. The second kappa shape index (κ2) is 16.0. The van der Waals surface area contributed by atoms with E-state index in [1.807, 2.05) is 13.1 Å². The summed E-state index contributed by atoms with van der Waals surface area (Å²) in [5, 5.41) is 14.8. The number of anilines is 4. The molecule has 5 aliphatic rings. The molecule has 4 atom stereocenters. The number of aryl methyl sites for hydroxylation is 2. The van der Waals surface area contributed by atoms with Crippen LogP contribution in [0.15, 0.2) is 41.3 Å². The molecule has 3 N–H and O–H groups in total. The van der Waals surface area contributed by atoms with Crippen LogP contribution in [0.25, 0.3) is 21.8 Å². The Hall–Kier alpha value is -5.42. The summed E-state index contributed by atoms with van der Waals surface area (Å²) >= 11 is 6.65. The van der Waals surface area contributed by atoms with Crippen molar-refractivity contribution in [1.29, 1.82) is 0 Å². The van der Waals surface area contributed by atoms with Crippen LogP contribution in [0.2, 0.25) is 5.02 Å². The number of likely N-dealkylation sites (tertiary alicyclic amines) is 1. The maximum atomic E-state index is 15.8. The van der Waals surface area contributed by atoms with Gasteiger partial charge >= 0.3 is 5.92 Å². The highest BCUT2D eigenvalue weighted by Gasteiger charge is 2.51. The van der Waals surface area contributed by atoms with Gasteiger partial charge in [-0.15, -0.1) is 0 Å². The Kier molecular flexibility index (Phi) is 10.5. The number of amides is 2. The molecule has 3 aromatic heterocycles. The number of halogens is 4. The van der Waals surface area contributed by atoms with Crippen LogP contribution in [0.5, 0.6) is 5.75 Å². The van der Waals surface area contributed by atoms with Gasteiger partial charge in [0.1, 0.15) is 10.8 Å². The predicted molar refractivity (Wildman–Crippen MR) is 234 cm³/mol.